The number of nitrogens with one attached hydrogen (secondary N) is 1. The number of rotatable bonds is 40. The molecule has 0 saturated carbocycles. The summed E-state index contributed by atoms with van der Waals surface area (Å²) in [7, 11) is 1.55. The predicted molar refractivity (Wildman–Crippen MR) is 231 cm³/mol. The molecule has 0 aromatic heterocycles. The van der Waals surface area contributed by atoms with Crippen LogP contribution in [-0.2, 0) is 18.4 Å². The highest BCUT2D eigenvalue weighted by Crippen LogP contribution is 2.43. The third-order valence-corrected chi connectivity index (χ3v) is 10.8. The topological polar surface area (TPSA) is 105 Å². The summed E-state index contributed by atoms with van der Waals surface area (Å²) in [4.78, 5) is 23.1. The van der Waals surface area contributed by atoms with Crippen LogP contribution in [-0.4, -0.2) is 73.4 Å². The molecule has 3 N–H and O–H groups in total. The molecule has 0 saturated heterocycles. The van der Waals surface area contributed by atoms with E-state index in [1.54, 1.807) is 6.08 Å². The summed E-state index contributed by atoms with van der Waals surface area (Å²) in [6.07, 6.45) is 45.0. The number of amides is 1. The van der Waals surface area contributed by atoms with Crippen molar-refractivity contribution in [3.63, 3.8) is 0 Å². The van der Waals surface area contributed by atoms with Crippen molar-refractivity contribution in [2.75, 3.05) is 40.9 Å². The van der Waals surface area contributed by atoms with Crippen LogP contribution in [0.25, 0.3) is 0 Å². The van der Waals surface area contributed by atoms with Gasteiger partial charge in [-0.05, 0) is 57.8 Å². The minimum Gasteiger partial charge on any atom is -0.387 e. The van der Waals surface area contributed by atoms with E-state index in [0.29, 0.717) is 17.4 Å². The molecule has 0 aliphatic heterocycles. The molecular weight excluding hydrogens is 695 g/mol. The van der Waals surface area contributed by atoms with E-state index in [1.165, 1.54) is 122 Å². The van der Waals surface area contributed by atoms with Gasteiger partial charge in [0, 0.05) is 6.42 Å². The second-order valence-electron chi connectivity index (χ2n) is 16.4. The van der Waals surface area contributed by atoms with E-state index in [1.807, 2.05) is 27.2 Å². The third kappa shape index (κ3) is 39.0. The highest BCUT2D eigenvalue weighted by Gasteiger charge is 2.27. The Morgan fingerprint density at radius 3 is 1.48 bits per heavy atom. The fourth-order valence-corrected chi connectivity index (χ4v) is 6.96. The molecule has 0 aliphatic rings. The number of hydrogen-bond acceptors (Lipinski definition) is 5. The minimum atomic E-state index is -4.34. The van der Waals surface area contributed by atoms with Crippen LogP contribution in [0.1, 0.15) is 194 Å². The Morgan fingerprint density at radius 2 is 1.02 bits per heavy atom. The molecule has 8 nitrogen and oxygen atoms in total. The number of phosphoric acid groups is 1. The summed E-state index contributed by atoms with van der Waals surface area (Å²) in [6.45, 7) is 4.77. The number of quaternary nitrogens is 1. The molecule has 0 bridgehead atoms. The number of carbonyl (C=O) groups excluding carboxylic acids is 1. The number of aliphatic hydroxyl groups is 1. The number of aliphatic hydroxyl groups excluding tert-OH is 1. The largest absolute Gasteiger partial charge is 0.472 e. The van der Waals surface area contributed by atoms with Crippen LogP contribution in [0.5, 0.6) is 0 Å². The van der Waals surface area contributed by atoms with Crippen LogP contribution in [0.2, 0.25) is 0 Å². The van der Waals surface area contributed by atoms with Gasteiger partial charge in [-0.1, -0.05) is 166 Å². The number of carbonyl (C=O) groups is 1. The molecule has 0 aliphatic carbocycles. The summed E-state index contributed by atoms with van der Waals surface area (Å²) in [5.74, 6) is -0.197. The first-order chi connectivity index (χ1) is 26.0. The normalized spacial score (nSPS) is 14.7. The average Bonchev–Trinajstić information content (AvgIpc) is 3.12. The maximum absolute atomic E-state index is 12.8. The first-order valence-corrected chi connectivity index (χ1v) is 23.9. The standard InChI is InChI=1S/C45H87N2O6P/c1-6-8-10-12-14-16-18-20-22-23-25-26-28-30-32-34-36-38-44(48)43(42-53-54(50,51)52-41-40-47(3,4)5)46-45(49)39-37-35-33-31-29-27-24-21-19-17-15-13-11-9-7-2/h21,24,28,30,36,38,43-44,48H,6-20,22-23,25-27,29,31-35,37,39-42H2,1-5H3,(H-,46,49,50,51)/p+1/b24-21+,30-28+,38-36+/t43-,44+/m0/s1. The number of unbranched alkanes of at least 4 members (excludes halogenated alkanes) is 23. The third-order valence-electron chi connectivity index (χ3n) is 9.83. The quantitative estimate of drug-likeness (QED) is 0.0247. The van der Waals surface area contributed by atoms with E-state index < -0.39 is 20.0 Å². The zero-order valence-electron chi connectivity index (χ0n) is 36.0. The van der Waals surface area contributed by atoms with Gasteiger partial charge in [0.1, 0.15) is 13.2 Å². The van der Waals surface area contributed by atoms with E-state index in [2.05, 4.69) is 43.5 Å². The fraction of sp³-hybridized carbons (Fsp3) is 0.844. The van der Waals surface area contributed by atoms with E-state index >= 15 is 0 Å². The van der Waals surface area contributed by atoms with Gasteiger partial charge in [0.05, 0.1) is 39.9 Å². The summed E-state index contributed by atoms with van der Waals surface area (Å²) >= 11 is 0. The van der Waals surface area contributed by atoms with Gasteiger partial charge in [0.25, 0.3) is 0 Å². The zero-order chi connectivity index (χ0) is 40.0. The second kappa shape index (κ2) is 37.3. The Labute approximate surface area is 334 Å². The van der Waals surface area contributed by atoms with E-state index in [9.17, 15) is 19.4 Å². The first kappa shape index (κ1) is 52.7. The molecule has 9 heteroatoms. The molecular formula is C45H88N2O6P+. The summed E-state index contributed by atoms with van der Waals surface area (Å²) < 4.78 is 23.5. The van der Waals surface area contributed by atoms with Gasteiger partial charge in [0.2, 0.25) is 5.91 Å². The van der Waals surface area contributed by atoms with Gasteiger partial charge in [-0.15, -0.1) is 0 Å². The molecule has 0 rings (SSSR count). The lowest BCUT2D eigenvalue weighted by molar-refractivity contribution is -0.870. The van der Waals surface area contributed by atoms with Gasteiger partial charge >= 0.3 is 7.82 Å². The maximum Gasteiger partial charge on any atom is 0.472 e. The van der Waals surface area contributed by atoms with Crippen molar-refractivity contribution in [1.29, 1.82) is 0 Å². The monoisotopic (exact) mass is 784 g/mol. The van der Waals surface area contributed by atoms with Crippen molar-refractivity contribution in [1.82, 2.24) is 5.32 Å². The van der Waals surface area contributed by atoms with Crippen molar-refractivity contribution < 1.29 is 32.9 Å². The molecule has 54 heavy (non-hydrogen) atoms. The summed E-state index contributed by atoms with van der Waals surface area (Å²) in [5.41, 5.74) is 0. The maximum atomic E-state index is 12.8. The number of phosphoric ester groups is 1. The second-order valence-corrected chi connectivity index (χ2v) is 17.9. The van der Waals surface area contributed by atoms with Gasteiger partial charge < -0.3 is 19.8 Å². The smallest absolute Gasteiger partial charge is 0.387 e. The molecule has 0 fully saturated rings. The van der Waals surface area contributed by atoms with Gasteiger partial charge in [-0.25, -0.2) is 4.57 Å². The van der Waals surface area contributed by atoms with Crippen LogP contribution in [0.4, 0.5) is 0 Å². The van der Waals surface area contributed by atoms with Crippen LogP contribution in [0.15, 0.2) is 36.5 Å². The lowest BCUT2D eigenvalue weighted by atomic mass is 10.1. The summed E-state index contributed by atoms with van der Waals surface area (Å²) in [6, 6.07) is -0.865. The van der Waals surface area contributed by atoms with Gasteiger partial charge in [0.15, 0.2) is 0 Å². The molecule has 0 radical (unpaired) electrons. The summed E-state index contributed by atoms with van der Waals surface area (Å²) in [5, 5.41) is 13.8. The number of hydrogen-bond donors (Lipinski definition) is 3. The van der Waals surface area contributed by atoms with Crippen molar-refractivity contribution in [3.8, 4) is 0 Å². The van der Waals surface area contributed by atoms with E-state index in [4.69, 9.17) is 9.05 Å². The molecule has 1 unspecified atom stereocenters. The highest BCUT2D eigenvalue weighted by molar-refractivity contribution is 7.47. The molecule has 318 valence electrons. The molecule has 0 heterocycles. The molecule has 0 aromatic rings. The van der Waals surface area contributed by atoms with E-state index in [0.717, 1.165) is 51.4 Å². The predicted octanol–water partition coefficient (Wildman–Crippen LogP) is 12.3. The lowest BCUT2D eigenvalue weighted by Gasteiger charge is -2.25. The van der Waals surface area contributed by atoms with Crippen LogP contribution in [0.3, 0.4) is 0 Å². The molecule has 0 spiro atoms. The van der Waals surface area contributed by atoms with Crippen LogP contribution >= 0.6 is 7.82 Å². The lowest BCUT2D eigenvalue weighted by Crippen LogP contribution is -2.45. The Morgan fingerprint density at radius 1 is 0.611 bits per heavy atom. The highest BCUT2D eigenvalue weighted by atomic mass is 31.2. The van der Waals surface area contributed by atoms with Crippen molar-refractivity contribution in [2.45, 2.75) is 206 Å². The zero-order valence-corrected chi connectivity index (χ0v) is 36.9. The number of allylic oxidation sites excluding steroid dienone is 5. The first-order valence-electron chi connectivity index (χ1n) is 22.4. The fourth-order valence-electron chi connectivity index (χ4n) is 6.23. The minimum absolute atomic E-state index is 0.0546. The Balaban J connectivity index is 4.50. The molecule has 3 atom stereocenters. The molecule has 0 aromatic carbocycles. The van der Waals surface area contributed by atoms with Crippen LogP contribution in [0, 0.1) is 0 Å². The van der Waals surface area contributed by atoms with Crippen LogP contribution < -0.4 is 5.32 Å². The van der Waals surface area contributed by atoms with Gasteiger partial charge in [-0.3, -0.25) is 13.8 Å². The Hall–Kier alpha value is -1.28. The number of likely N-dealkylation sites (N-methyl/N-ethyl adjacent to an activating group) is 1. The number of nitrogens with zero attached hydrogens (tertiary/aromatic N) is 1. The van der Waals surface area contributed by atoms with E-state index in [-0.39, 0.29) is 19.1 Å². The SMILES string of the molecule is CCCCCCCC/C=C/CCCCCCCC(=O)N[C@@H](COP(=O)(O)OCC[N+](C)(C)C)[C@H](O)/C=C/CC/C=C/CCCCCCCCCCCCC. The Bertz CT molecular complexity index is 980. The molecule has 1 amide bonds. The van der Waals surface area contributed by atoms with Gasteiger partial charge in [-0.2, -0.15) is 0 Å². The van der Waals surface area contributed by atoms with Crippen molar-refractivity contribution in [2.24, 2.45) is 0 Å². The van der Waals surface area contributed by atoms with Crippen molar-refractivity contribution in [3.05, 3.63) is 36.5 Å². The Kier molecular flexibility index (Phi) is 36.4. The average molecular weight is 784 g/mol. The van der Waals surface area contributed by atoms with Crippen molar-refractivity contribution >= 4 is 13.7 Å².